The normalized spacial score (nSPS) is 11.1. The molecule has 0 aromatic heterocycles. The lowest BCUT2D eigenvalue weighted by Gasteiger charge is -2.01. The Balaban J connectivity index is 5.10. The smallest absolute Gasteiger partial charge is 0.346 e. The molecule has 0 atom stereocenters. The highest BCUT2D eigenvalue weighted by Gasteiger charge is 2.15. The average Bonchev–Trinajstić information content (AvgIpc) is 2.03. The summed E-state index contributed by atoms with van der Waals surface area (Å²) in [5.41, 5.74) is -0.463. The molecule has 0 heterocycles. The molecule has 0 aromatic carbocycles. The van der Waals surface area contributed by atoms with Gasteiger partial charge in [0.25, 0.3) is 0 Å². The van der Waals surface area contributed by atoms with Crippen molar-refractivity contribution in [3.05, 3.63) is 23.8 Å². The SMILES string of the molecule is C=CCC(CC(=O)O)=C(C#N)C(=O)O. The van der Waals surface area contributed by atoms with Gasteiger partial charge in [-0.3, -0.25) is 4.79 Å². The van der Waals surface area contributed by atoms with E-state index in [0.717, 1.165) is 0 Å². The molecule has 74 valence electrons. The van der Waals surface area contributed by atoms with Crippen molar-refractivity contribution in [2.24, 2.45) is 0 Å². The molecule has 0 aliphatic carbocycles. The van der Waals surface area contributed by atoms with E-state index in [0.29, 0.717) is 0 Å². The Kier molecular flexibility index (Phi) is 4.71. The first kappa shape index (κ1) is 11.9. The molecule has 0 aromatic rings. The molecule has 0 radical (unpaired) electrons. The molecule has 5 nitrogen and oxygen atoms in total. The minimum absolute atomic E-state index is 0.0579. The van der Waals surface area contributed by atoms with E-state index in [1.165, 1.54) is 12.1 Å². The molecule has 0 spiro atoms. The van der Waals surface area contributed by atoms with Crippen molar-refractivity contribution in [2.45, 2.75) is 12.8 Å². The number of nitrogens with zero attached hydrogens (tertiary/aromatic N) is 1. The molecule has 0 saturated heterocycles. The standard InChI is InChI=1S/C9H9NO4/c1-2-3-6(4-8(11)12)7(5-10)9(13)14/h2H,1,3-4H2,(H,11,12)(H,13,14). The number of carboxylic acid groups (broad SMARTS) is 2. The Morgan fingerprint density at radius 1 is 1.43 bits per heavy atom. The topological polar surface area (TPSA) is 98.4 Å². The van der Waals surface area contributed by atoms with Crippen molar-refractivity contribution >= 4 is 11.9 Å². The van der Waals surface area contributed by atoms with E-state index in [1.54, 1.807) is 0 Å². The van der Waals surface area contributed by atoms with Crippen molar-refractivity contribution in [1.29, 1.82) is 5.26 Å². The Morgan fingerprint density at radius 3 is 2.29 bits per heavy atom. The fourth-order valence-electron chi connectivity index (χ4n) is 0.898. The van der Waals surface area contributed by atoms with Gasteiger partial charge in [0.1, 0.15) is 11.6 Å². The number of carboxylic acids is 2. The molecular weight excluding hydrogens is 186 g/mol. The summed E-state index contributed by atoms with van der Waals surface area (Å²) in [5.74, 6) is -2.58. The van der Waals surface area contributed by atoms with Gasteiger partial charge in [-0.1, -0.05) is 6.08 Å². The van der Waals surface area contributed by atoms with Crippen LogP contribution in [0.1, 0.15) is 12.8 Å². The lowest BCUT2D eigenvalue weighted by atomic mass is 10.0. The lowest BCUT2D eigenvalue weighted by Crippen LogP contribution is -2.06. The van der Waals surface area contributed by atoms with Gasteiger partial charge in [0.15, 0.2) is 0 Å². The monoisotopic (exact) mass is 195 g/mol. The third kappa shape index (κ3) is 3.54. The maximum atomic E-state index is 10.5. The first-order chi connectivity index (χ1) is 6.52. The predicted octanol–water partition coefficient (Wildman–Crippen LogP) is 0.942. The highest BCUT2D eigenvalue weighted by atomic mass is 16.4. The van der Waals surface area contributed by atoms with Gasteiger partial charge in [-0.25, -0.2) is 4.79 Å². The molecule has 14 heavy (non-hydrogen) atoms. The molecule has 0 bridgehead atoms. The summed E-state index contributed by atoms with van der Waals surface area (Å²) in [6.07, 6.45) is 0.987. The summed E-state index contributed by atoms with van der Waals surface area (Å²) in [5, 5.41) is 25.5. The van der Waals surface area contributed by atoms with Crippen LogP contribution in [0.2, 0.25) is 0 Å². The minimum Gasteiger partial charge on any atom is -0.481 e. The first-order valence-corrected chi connectivity index (χ1v) is 3.71. The van der Waals surface area contributed by atoms with Gasteiger partial charge in [0, 0.05) is 0 Å². The van der Waals surface area contributed by atoms with Crippen LogP contribution in [-0.4, -0.2) is 22.2 Å². The Hall–Kier alpha value is -2.09. The van der Waals surface area contributed by atoms with Crippen LogP contribution in [0.4, 0.5) is 0 Å². The number of carbonyl (C=O) groups is 2. The van der Waals surface area contributed by atoms with Crippen LogP contribution in [-0.2, 0) is 9.59 Å². The van der Waals surface area contributed by atoms with E-state index < -0.39 is 23.9 Å². The van der Waals surface area contributed by atoms with E-state index in [-0.39, 0.29) is 12.0 Å². The fourth-order valence-corrected chi connectivity index (χ4v) is 0.898. The number of hydrogen-bond donors (Lipinski definition) is 2. The number of hydrogen-bond acceptors (Lipinski definition) is 3. The van der Waals surface area contributed by atoms with Crippen LogP contribution in [0.5, 0.6) is 0 Å². The Morgan fingerprint density at radius 2 is 2.00 bits per heavy atom. The van der Waals surface area contributed by atoms with Crippen LogP contribution < -0.4 is 0 Å². The molecule has 0 rings (SSSR count). The highest BCUT2D eigenvalue weighted by Crippen LogP contribution is 2.13. The van der Waals surface area contributed by atoms with Crippen LogP contribution >= 0.6 is 0 Å². The minimum atomic E-state index is -1.41. The maximum absolute atomic E-state index is 10.5. The third-order valence-corrected chi connectivity index (χ3v) is 1.43. The first-order valence-electron chi connectivity index (χ1n) is 3.71. The third-order valence-electron chi connectivity index (χ3n) is 1.43. The van der Waals surface area contributed by atoms with Crippen LogP contribution in [0, 0.1) is 11.3 Å². The van der Waals surface area contributed by atoms with E-state index in [9.17, 15) is 9.59 Å². The quantitative estimate of drug-likeness (QED) is 0.386. The van der Waals surface area contributed by atoms with E-state index in [2.05, 4.69) is 6.58 Å². The number of allylic oxidation sites excluding steroid dienone is 1. The van der Waals surface area contributed by atoms with Gasteiger partial charge < -0.3 is 10.2 Å². The van der Waals surface area contributed by atoms with Crippen molar-refractivity contribution in [3.8, 4) is 6.07 Å². The molecule has 0 unspecified atom stereocenters. The molecule has 2 N–H and O–H groups in total. The van der Waals surface area contributed by atoms with Gasteiger partial charge in [0.2, 0.25) is 0 Å². The second-order valence-electron chi connectivity index (χ2n) is 2.46. The molecule has 5 heteroatoms. The molecule has 0 saturated carbocycles. The zero-order valence-electron chi connectivity index (χ0n) is 7.36. The molecule has 0 aliphatic heterocycles. The van der Waals surface area contributed by atoms with Crippen LogP contribution in [0.25, 0.3) is 0 Å². The summed E-state index contributed by atoms with van der Waals surface area (Å²) in [7, 11) is 0. The van der Waals surface area contributed by atoms with Crippen molar-refractivity contribution < 1.29 is 19.8 Å². The summed E-state index contributed by atoms with van der Waals surface area (Å²) < 4.78 is 0. The van der Waals surface area contributed by atoms with Gasteiger partial charge in [-0.05, 0) is 12.0 Å². The van der Waals surface area contributed by atoms with Gasteiger partial charge in [0.05, 0.1) is 6.42 Å². The van der Waals surface area contributed by atoms with E-state index >= 15 is 0 Å². The summed E-state index contributed by atoms with van der Waals surface area (Å²) in [4.78, 5) is 20.9. The zero-order valence-corrected chi connectivity index (χ0v) is 7.36. The molecule has 0 fully saturated rings. The van der Waals surface area contributed by atoms with Crippen molar-refractivity contribution in [1.82, 2.24) is 0 Å². The van der Waals surface area contributed by atoms with Crippen molar-refractivity contribution in [3.63, 3.8) is 0 Å². The number of nitriles is 1. The van der Waals surface area contributed by atoms with E-state index in [1.807, 2.05) is 0 Å². The zero-order chi connectivity index (χ0) is 11.1. The predicted molar refractivity (Wildman–Crippen MR) is 47.3 cm³/mol. The maximum Gasteiger partial charge on any atom is 0.346 e. The Labute approximate surface area is 80.6 Å². The number of rotatable bonds is 5. The lowest BCUT2D eigenvalue weighted by molar-refractivity contribution is -0.136. The Bertz CT molecular complexity index is 335. The van der Waals surface area contributed by atoms with Crippen LogP contribution in [0.3, 0.4) is 0 Å². The van der Waals surface area contributed by atoms with Gasteiger partial charge in [-0.2, -0.15) is 5.26 Å². The van der Waals surface area contributed by atoms with Gasteiger partial charge in [-0.15, -0.1) is 6.58 Å². The van der Waals surface area contributed by atoms with Crippen molar-refractivity contribution in [2.75, 3.05) is 0 Å². The molecule has 0 aliphatic rings. The number of aliphatic carboxylic acids is 2. The van der Waals surface area contributed by atoms with Crippen LogP contribution in [0.15, 0.2) is 23.8 Å². The second-order valence-corrected chi connectivity index (χ2v) is 2.46. The fraction of sp³-hybridized carbons (Fsp3) is 0.222. The highest BCUT2D eigenvalue weighted by molar-refractivity contribution is 5.93. The summed E-state index contributed by atoms with van der Waals surface area (Å²) in [6.45, 7) is 3.35. The average molecular weight is 195 g/mol. The second kappa shape index (κ2) is 5.54. The molecule has 0 amide bonds. The summed E-state index contributed by atoms with van der Waals surface area (Å²) in [6, 6.07) is 1.46. The summed E-state index contributed by atoms with van der Waals surface area (Å²) >= 11 is 0. The molecular formula is C9H9NO4. The van der Waals surface area contributed by atoms with E-state index in [4.69, 9.17) is 15.5 Å². The largest absolute Gasteiger partial charge is 0.481 e. The van der Waals surface area contributed by atoms with Gasteiger partial charge >= 0.3 is 11.9 Å².